The summed E-state index contributed by atoms with van der Waals surface area (Å²) in [5, 5.41) is 3.22. The third kappa shape index (κ3) is 4.12. The topological polar surface area (TPSA) is 48.1 Å². The number of hydrogen-bond acceptors (Lipinski definition) is 5. The number of piperazine rings is 2. The molecule has 1 N–H and O–H groups in total. The quantitative estimate of drug-likeness (QED) is 0.722. The van der Waals surface area contributed by atoms with Crippen molar-refractivity contribution in [3.05, 3.63) is 0 Å². The lowest BCUT2D eigenvalue weighted by Crippen LogP contribution is -2.48. The molecule has 2 aliphatic rings. The summed E-state index contributed by atoms with van der Waals surface area (Å²) < 4.78 is 5.32. The van der Waals surface area contributed by atoms with E-state index in [1.165, 1.54) is 0 Å². The zero-order valence-corrected chi connectivity index (χ0v) is 11.2. The van der Waals surface area contributed by atoms with Crippen LogP contribution in [-0.4, -0.2) is 93.4 Å². The molecule has 2 rings (SSSR count). The van der Waals surface area contributed by atoms with Crippen LogP contribution in [0.5, 0.6) is 0 Å². The summed E-state index contributed by atoms with van der Waals surface area (Å²) >= 11 is 0. The van der Waals surface area contributed by atoms with Crippen LogP contribution in [0, 0.1) is 0 Å². The highest BCUT2D eigenvalue weighted by atomic mass is 16.6. The zero-order valence-electron chi connectivity index (χ0n) is 11.2. The molecule has 6 heteroatoms. The first-order valence-electron chi connectivity index (χ1n) is 6.79. The van der Waals surface area contributed by atoms with Crippen molar-refractivity contribution in [1.29, 1.82) is 0 Å². The summed E-state index contributed by atoms with van der Waals surface area (Å²) in [6.45, 7) is 8.96. The minimum atomic E-state index is -0.161. The highest BCUT2D eigenvalue weighted by Gasteiger charge is 2.18. The van der Waals surface area contributed by atoms with Gasteiger partial charge in [0.1, 0.15) is 6.61 Å². The molecular formula is C12H24N4O2. The number of hydrogen-bond donors (Lipinski definition) is 1. The van der Waals surface area contributed by atoms with Crippen LogP contribution in [0.3, 0.4) is 0 Å². The van der Waals surface area contributed by atoms with Crippen LogP contribution in [0.25, 0.3) is 0 Å². The second-order valence-corrected chi connectivity index (χ2v) is 5.00. The summed E-state index contributed by atoms with van der Waals surface area (Å²) in [5.41, 5.74) is 0. The third-order valence-electron chi connectivity index (χ3n) is 3.60. The number of amides is 1. The Hall–Kier alpha value is -0.850. The molecule has 0 spiro atoms. The first-order valence-corrected chi connectivity index (χ1v) is 6.79. The van der Waals surface area contributed by atoms with Gasteiger partial charge < -0.3 is 19.9 Å². The molecule has 1 amide bonds. The minimum Gasteiger partial charge on any atom is -0.448 e. The lowest BCUT2D eigenvalue weighted by molar-refractivity contribution is 0.0763. The Kier molecular flexibility index (Phi) is 5.22. The van der Waals surface area contributed by atoms with Crippen LogP contribution in [0.15, 0.2) is 0 Å². The molecule has 0 bridgehead atoms. The monoisotopic (exact) mass is 256 g/mol. The van der Waals surface area contributed by atoms with Crippen molar-refractivity contribution in [3.63, 3.8) is 0 Å². The van der Waals surface area contributed by atoms with Crippen molar-refractivity contribution in [3.8, 4) is 0 Å². The van der Waals surface area contributed by atoms with E-state index in [-0.39, 0.29) is 6.09 Å². The van der Waals surface area contributed by atoms with Crippen LogP contribution < -0.4 is 5.32 Å². The molecule has 2 saturated heterocycles. The maximum atomic E-state index is 11.7. The normalized spacial score (nSPS) is 23.1. The summed E-state index contributed by atoms with van der Waals surface area (Å²) in [6, 6.07) is 0. The standard InChI is InChI=1S/C12H24N4O2/c1-14-6-8-15(9-7-14)10-11-18-12(17)16-4-2-13-3-5-16/h13H,2-11H2,1H3. The average molecular weight is 256 g/mol. The molecule has 2 aliphatic heterocycles. The Morgan fingerprint density at radius 3 is 2.44 bits per heavy atom. The van der Waals surface area contributed by atoms with Gasteiger partial charge in [-0.15, -0.1) is 0 Å². The van der Waals surface area contributed by atoms with E-state index in [1.54, 1.807) is 4.90 Å². The minimum absolute atomic E-state index is 0.161. The Morgan fingerprint density at radius 2 is 1.78 bits per heavy atom. The third-order valence-corrected chi connectivity index (χ3v) is 3.60. The predicted octanol–water partition coefficient (Wildman–Crippen LogP) is -0.724. The van der Waals surface area contributed by atoms with E-state index in [4.69, 9.17) is 4.74 Å². The molecule has 0 unspecified atom stereocenters. The molecule has 2 fully saturated rings. The number of carbonyl (C=O) groups excluding carboxylic acids is 1. The van der Waals surface area contributed by atoms with Gasteiger partial charge in [0.15, 0.2) is 0 Å². The van der Waals surface area contributed by atoms with Gasteiger partial charge in [0.25, 0.3) is 0 Å². The lowest BCUT2D eigenvalue weighted by Gasteiger charge is -2.32. The fourth-order valence-electron chi connectivity index (χ4n) is 2.27. The SMILES string of the molecule is CN1CCN(CCOC(=O)N2CCNCC2)CC1. The molecule has 18 heavy (non-hydrogen) atoms. The van der Waals surface area contributed by atoms with Crippen molar-refractivity contribution >= 4 is 6.09 Å². The Bertz CT molecular complexity index is 261. The fourth-order valence-corrected chi connectivity index (χ4v) is 2.27. The van der Waals surface area contributed by atoms with E-state index in [0.29, 0.717) is 6.61 Å². The van der Waals surface area contributed by atoms with E-state index >= 15 is 0 Å². The molecule has 104 valence electrons. The van der Waals surface area contributed by atoms with Gasteiger partial charge in [-0.2, -0.15) is 0 Å². The zero-order chi connectivity index (χ0) is 12.8. The predicted molar refractivity (Wildman–Crippen MR) is 69.7 cm³/mol. The number of ether oxygens (including phenoxy) is 1. The highest BCUT2D eigenvalue weighted by Crippen LogP contribution is 2.00. The Morgan fingerprint density at radius 1 is 1.11 bits per heavy atom. The molecular weight excluding hydrogens is 232 g/mol. The molecule has 0 aromatic heterocycles. The van der Waals surface area contributed by atoms with E-state index in [1.807, 2.05) is 0 Å². The van der Waals surface area contributed by atoms with Crippen molar-refractivity contribution in [2.45, 2.75) is 0 Å². The Labute approximate surface area is 109 Å². The highest BCUT2D eigenvalue weighted by molar-refractivity contribution is 5.67. The van der Waals surface area contributed by atoms with E-state index < -0.39 is 0 Å². The van der Waals surface area contributed by atoms with Gasteiger partial charge in [-0.05, 0) is 7.05 Å². The molecule has 0 saturated carbocycles. The summed E-state index contributed by atoms with van der Waals surface area (Å²) in [5.74, 6) is 0. The largest absolute Gasteiger partial charge is 0.448 e. The molecule has 0 atom stereocenters. The van der Waals surface area contributed by atoms with Gasteiger partial charge in [-0.1, -0.05) is 0 Å². The number of rotatable bonds is 3. The lowest BCUT2D eigenvalue weighted by atomic mass is 10.3. The van der Waals surface area contributed by atoms with Crippen LogP contribution in [-0.2, 0) is 4.74 Å². The van der Waals surface area contributed by atoms with Gasteiger partial charge >= 0.3 is 6.09 Å². The van der Waals surface area contributed by atoms with Crippen molar-refractivity contribution < 1.29 is 9.53 Å². The molecule has 0 aromatic carbocycles. The molecule has 0 radical (unpaired) electrons. The van der Waals surface area contributed by atoms with Crippen molar-refractivity contribution in [2.24, 2.45) is 0 Å². The maximum Gasteiger partial charge on any atom is 0.409 e. The first-order chi connectivity index (χ1) is 8.75. The summed E-state index contributed by atoms with van der Waals surface area (Å²) in [6.07, 6.45) is -0.161. The van der Waals surface area contributed by atoms with E-state index in [2.05, 4.69) is 22.2 Å². The molecule has 2 heterocycles. The van der Waals surface area contributed by atoms with Gasteiger partial charge in [0.2, 0.25) is 0 Å². The maximum absolute atomic E-state index is 11.7. The van der Waals surface area contributed by atoms with Crippen LogP contribution in [0.1, 0.15) is 0 Å². The second-order valence-electron chi connectivity index (χ2n) is 5.00. The van der Waals surface area contributed by atoms with Gasteiger partial charge in [-0.3, -0.25) is 4.90 Å². The van der Waals surface area contributed by atoms with E-state index in [9.17, 15) is 4.79 Å². The van der Waals surface area contributed by atoms with Gasteiger partial charge in [-0.25, -0.2) is 4.79 Å². The first kappa shape index (κ1) is 13.6. The van der Waals surface area contributed by atoms with E-state index in [0.717, 1.165) is 58.9 Å². The smallest absolute Gasteiger partial charge is 0.409 e. The average Bonchev–Trinajstić information content (AvgIpc) is 2.42. The number of carbonyl (C=O) groups is 1. The molecule has 0 aromatic rings. The van der Waals surface area contributed by atoms with Crippen LogP contribution >= 0.6 is 0 Å². The Balaban J connectivity index is 1.58. The van der Waals surface area contributed by atoms with Crippen molar-refractivity contribution in [1.82, 2.24) is 20.0 Å². The fraction of sp³-hybridized carbons (Fsp3) is 0.917. The van der Waals surface area contributed by atoms with Gasteiger partial charge in [0, 0.05) is 58.9 Å². The molecule has 0 aliphatic carbocycles. The summed E-state index contributed by atoms with van der Waals surface area (Å²) in [7, 11) is 2.14. The number of likely N-dealkylation sites (N-methyl/N-ethyl adjacent to an activating group) is 1. The molecule has 6 nitrogen and oxygen atoms in total. The van der Waals surface area contributed by atoms with Crippen molar-refractivity contribution in [2.75, 3.05) is 72.6 Å². The summed E-state index contributed by atoms with van der Waals surface area (Å²) in [4.78, 5) is 18.2. The second kappa shape index (κ2) is 6.92. The van der Waals surface area contributed by atoms with Crippen LogP contribution in [0.4, 0.5) is 4.79 Å². The number of nitrogens with one attached hydrogen (secondary N) is 1. The number of nitrogens with zero attached hydrogens (tertiary/aromatic N) is 3. The van der Waals surface area contributed by atoms with Crippen LogP contribution in [0.2, 0.25) is 0 Å². The van der Waals surface area contributed by atoms with Gasteiger partial charge in [0.05, 0.1) is 0 Å².